The number of urea groups is 1. The minimum atomic E-state index is -1.04. The van der Waals surface area contributed by atoms with Crippen LogP contribution in [0, 0.1) is 5.41 Å². The number of imide groups is 2. The number of carbonyl (C=O) groups is 3. The Morgan fingerprint density at radius 2 is 1.50 bits per heavy atom. The summed E-state index contributed by atoms with van der Waals surface area (Å²) < 4.78 is 0. The lowest BCUT2D eigenvalue weighted by Crippen LogP contribution is -2.63. The van der Waals surface area contributed by atoms with Gasteiger partial charge in [-0.1, -0.05) is 13.8 Å². The van der Waals surface area contributed by atoms with E-state index in [4.69, 9.17) is 0 Å². The van der Waals surface area contributed by atoms with Crippen molar-refractivity contribution in [3.63, 3.8) is 0 Å². The summed E-state index contributed by atoms with van der Waals surface area (Å²) >= 11 is 0. The Morgan fingerprint density at radius 1 is 1.00 bits per heavy atom. The smallest absolute Gasteiger partial charge is 0.273 e. The molecule has 0 saturated carbocycles. The highest BCUT2D eigenvalue weighted by Crippen LogP contribution is 2.35. The summed E-state index contributed by atoms with van der Waals surface area (Å²) in [7, 11) is 1.43. The van der Waals surface area contributed by atoms with Gasteiger partial charge in [-0.05, 0) is 19.8 Å². The summed E-state index contributed by atoms with van der Waals surface area (Å²) in [6, 6.07) is -0.518. The largest absolute Gasteiger partial charge is 0.333 e. The molecule has 0 radical (unpaired) electrons. The lowest BCUT2D eigenvalue weighted by atomic mass is 9.78. The maximum atomic E-state index is 12.2. The molecule has 0 unspecified atom stereocenters. The van der Waals surface area contributed by atoms with Gasteiger partial charge in [-0.3, -0.25) is 19.4 Å². The SMILES string of the molecule is CCN1C(=O)N(C)C(=O)C(CC)(CC)C1=O. The van der Waals surface area contributed by atoms with Crippen LogP contribution >= 0.6 is 0 Å². The Labute approximate surface area is 95.4 Å². The first-order chi connectivity index (χ1) is 7.46. The molecule has 4 amide bonds. The van der Waals surface area contributed by atoms with E-state index in [0.717, 1.165) is 9.80 Å². The number of nitrogens with zero attached hydrogens (tertiary/aromatic N) is 2. The third-order valence-corrected chi connectivity index (χ3v) is 3.41. The molecule has 16 heavy (non-hydrogen) atoms. The highest BCUT2D eigenvalue weighted by Gasteiger charge is 2.53. The lowest BCUT2D eigenvalue weighted by Gasteiger charge is -2.41. The number of barbiturate groups is 1. The van der Waals surface area contributed by atoms with Crippen LogP contribution in [0.5, 0.6) is 0 Å². The first-order valence-electron chi connectivity index (χ1n) is 5.60. The first kappa shape index (κ1) is 12.7. The molecule has 1 saturated heterocycles. The Kier molecular flexibility index (Phi) is 3.35. The van der Waals surface area contributed by atoms with Gasteiger partial charge in [-0.15, -0.1) is 0 Å². The maximum Gasteiger partial charge on any atom is 0.333 e. The van der Waals surface area contributed by atoms with Gasteiger partial charge in [0.2, 0.25) is 11.8 Å². The zero-order valence-electron chi connectivity index (χ0n) is 10.2. The minimum absolute atomic E-state index is 0.303. The molecule has 0 aromatic rings. The highest BCUT2D eigenvalue weighted by atomic mass is 16.2. The summed E-state index contributed by atoms with van der Waals surface area (Å²) in [5.41, 5.74) is -1.04. The van der Waals surface area contributed by atoms with Gasteiger partial charge in [0.25, 0.3) is 0 Å². The lowest BCUT2D eigenvalue weighted by molar-refractivity contribution is -0.158. The van der Waals surface area contributed by atoms with Crippen LogP contribution in [0.15, 0.2) is 0 Å². The third kappa shape index (κ3) is 1.42. The van der Waals surface area contributed by atoms with Crippen molar-refractivity contribution in [3.05, 3.63) is 0 Å². The topological polar surface area (TPSA) is 57.7 Å². The maximum absolute atomic E-state index is 12.2. The van der Waals surface area contributed by atoms with Crippen LogP contribution < -0.4 is 0 Å². The predicted molar refractivity (Wildman–Crippen MR) is 58.6 cm³/mol. The second kappa shape index (κ2) is 4.23. The fraction of sp³-hybridized carbons (Fsp3) is 0.727. The van der Waals surface area contributed by atoms with Crippen molar-refractivity contribution in [2.24, 2.45) is 5.41 Å². The van der Waals surface area contributed by atoms with Crippen molar-refractivity contribution < 1.29 is 14.4 Å². The minimum Gasteiger partial charge on any atom is -0.273 e. The molecule has 0 aromatic heterocycles. The normalized spacial score (nSPS) is 20.6. The molecule has 1 aliphatic heterocycles. The van der Waals surface area contributed by atoms with E-state index in [1.54, 1.807) is 20.8 Å². The van der Waals surface area contributed by atoms with E-state index in [-0.39, 0.29) is 11.8 Å². The predicted octanol–water partition coefficient (Wildman–Crippen LogP) is 1.23. The van der Waals surface area contributed by atoms with Crippen molar-refractivity contribution >= 4 is 17.8 Å². The van der Waals surface area contributed by atoms with Crippen molar-refractivity contribution in [2.75, 3.05) is 13.6 Å². The average Bonchev–Trinajstić information content (AvgIpc) is 2.29. The summed E-state index contributed by atoms with van der Waals surface area (Å²) in [4.78, 5) is 38.1. The molecule has 1 heterocycles. The Balaban J connectivity index is 3.25. The average molecular weight is 226 g/mol. The van der Waals surface area contributed by atoms with Gasteiger partial charge in [-0.2, -0.15) is 0 Å². The number of hydrogen-bond donors (Lipinski definition) is 0. The van der Waals surface area contributed by atoms with Crippen molar-refractivity contribution in [2.45, 2.75) is 33.6 Å². The molecule has 0 bridgehead atoms. The van der Waals surface area contributed by atoms with Crippen LogP contribution in [0.25, 0.3) is 0 Å². The van der Waals surface area contributed by atoms with Gasteiger partial charge in [0.15, 0.2) is 0 Å². The Bertz CT molecular complexity index is 334. The van der Waals surface area contributed by atoms with E-state index in [0.29, 0.717) is 19.4 Å². The van der Waals surface area contributed by atoms with E-state index in [2.05, 4.69) is 0 Å². The van der Waals surface area contributed by atoms with Gasteiger partial charge in [0.05, 0.1) is 0 Å². The standard InChI is InChI=1S/C11H18N2O3/c1-5-11(6-2)8(14)12(4)10(16)13(7-3)9(11)15/h5-7H2,1-4H3. The van der Waals surface area contributed by atoms with E-state index in [1.165, 1.54) is 7.05 Å². The molecule has 0 N–H and O–H groups in total. The van der Waals surface area contributed by atoms with E-state index in [9.17, 15) is 14.4 Å². The number of amides is 4. The Morgan fingerprint density at radius 3 is 1.88 bits per heavy atom. The fourth-order valence-corrected chi connectivity index (χ4v) is 2.16. The molecule has 0 aliphatic carbocycles. The van der Waals surface area contributed by atoms with Crippen LogP contribution in [0.1, 0.15) is 33.6 Å². The molecule has 5 nitrogen and oxygen atoms in total. The number of hydrogen-bond acceptors (Lipinski definition) is 3. The molecule has 1 rings (SSSR count). The number of rotatable bonds is 3. The zero-order chi connectivity index (χ0) is 12.5. The van der Waals surface area contributed by atoms with Crippen LogP contribution in [-0.2, 0) is 9.59 Å². The molecule has 1 fully saturated rings. The second-order valence-electron chi connectivity index (χ2n) is 3.99. The molecule has 1 aliphatic rings. The molecule has 0 aromatic carbocycles. The molecule has 5 heteroatoms. The van der Waals surface area contributed by atoms with Crippen molar-refractivity contribution in [1.29, 1.82) is 0 Å². The first-order valence-corrected chi connectivity index (χ1v) is 5.60. The van der Waals surface area contributed by atoms with E-state index in [1.807, 2.05) is 0 Å². The fourth-order valence-electron chi connectivity index (χ4n) is 2.16. The summed E-state index contributed by atoms with van der Waals surface area (Å²) in [6.07, 6.45) is 0.852. The van der Waals surface area contributed by atoms with Crippen LogP contribution in [0.2, 0.25) is 0 Å². The van der Waals surface area contributed by atoms with Crippen molar-refractivity contribution in [3.8, 4) is 0 Å². The van der Waals surface area contributed by atoms with Crippen LogP contribution in [0.4, 0.5) is 4.79 Å². The molecular formula is C11H18N2O3. The van der Waals surface area contributed by atoms with Gasteiger partial charge in [0.1, 0.15) is 5.41 Å². The monoisotopic (exact) mass is 226 g/mol. The summed E-state index contributed by atoms with van der Waals surface area (Å²) in [6.45, 7) is 5.64. The molecule has 0 atom stereocenters. The third-order valence-electron chi connectivity index (χ3n) is 3.41. The van der Waals surface area contributed by atoms with Crippen LogP contribution in [-0.4, -0.2) is 41.2 Å². The highest BCUT2D eigenvalue weighted by molar-refractivity contribution is 6.18. The van der Waals surface area contributed by atoms with Crippen LogP contribution in [0.3, 0.4) is 0 Å². The van der Waals surface area contributed by atoms with Gasteiger partial charge in [-0.25, -0.2) is 4.79 Å². The molecular weight excluding hydrogens is 208 g/mol. The number of carbonyl (C=O) groups excluding carboxylic acids is 3. The summed E-state index contributed by atoms with van der Waals surface area (Å²) in [5.74, 6) is -0.731. The summed E-state index contributed by atoms with van der Waals surface area (Å²) in [5, 5.41) is 0. The second-order valence-corrected chi connectivity index (χ2v) is 3.99. The quantitative estimate of drug-likeness (QED) is 0.680. The van der Waals surface area contributed by atoms with E-state index >= 15 is 0 Å². The van der Waals surface area contributed by atoms with Gasteiger partial charge in [0, 0.05) is 13.6 Å². The van der Waals surface area contributed by atoms with Gasteiger partial charge < -0.3 is 0 Å². The van der Waals surface area contributed by atoms with Crippen molar-refractivity contribution in [1.82, 2.24) is 9.80 Å². The zero-order valence-corrected chi connectivity index (χ0v) is 10.2. The Hall–Kier alpha value is -1.39. The van der Waals surface area contributed by atoms with Gasteiger partial charge >= 0.3 is 6.03 Å². The molecule has 90 valence electrons. The molecule has 0 spiro atoms. The van der Waals surface area contributed by atoms with E-state index < -0.39 is 11.4 Å².